The Morgan fingerprint density at radius 2 is 1.88 bits per heavy atom. The number of methoxy groups -OCH3 is 1. The molecule has 2 saturated carbocycles. The maximum Gasteiger partial charge on any atom is 0.307 e. The van der Waals surface area contributed by atoms with Gasteiger partial charge in [0.25, 0.3) is 0 Å². The highest BCUT2D eigenvalue weighted by atomic mass is 32.2. The normalized spacial score (nSPS) is 31.2. The monoisotopic (exact) mass is 365 g/mol. The lowest BCUT2D eigenvalue weighted by Gasteiger charge is -2.22. The van der Waals surface area contributed by atoms with Crippen LogP contribution in [0.2, 0.25) is 0 Å². The van der Waals surface area contributed by atoms with Crippen molar-refractivity contribution in [1.82, 2.24) is 4.31 Å². The second-order valence-corrected chi connectivity index (χ2v) is 9.45. The van der Waals surface area contributed by atoms with Gasteiger partial charge < -0.3 is 9.84 Å². The molecule has 6 nitrogen and oxygen atoms in total. The maximum atomic E-state index is 13.2. The average molecular weight is 365 g/mol. The average Bonchev–Trinajstić information content (AvgIpc) is 3.27. The van der Waals surface area contributed by atoms with Crippen molar-refractivity contribution in [1.29, 1.82) is 0 Å². The number of sulfonamides is 1. The Morgan fingerprint density at radius 3 is 2.44 bits per heavy atom. The second-order valence-electron chi connectivity index (χ2n) is 7.54. The minimum absolute atomic E-state index is 0.0843. The minimum Gasteiger partial charge on any atom is -0.495 e. The van der Waals surface area contributed by atoms with Gasteiger partial charge in [-0.2, -0.15) is 4.31 Å². The van der Waals surface area contributed by atoms with Gasteiger partial charge in [-0.25, -0.2) is 8.42 Å². The number of carboxylic acids is 1. The molecule has 4 atom stereocenters. The second kappa shape index (κ2) is 5.99. The number of benzene rings is 1. The van der Waals surface area contributed by atoms with Gasteiger partial charge >= 0.3 is 5.97 Å². The zero-order valence-corrected chi connectivity index (χ0v) is 15.0. The van der Waals surface area contributed by atoms with E-state index in [-0.39, 0.29) is 17.1 Å². The van der Waals surface area contributed by atoms with Crippen LogP contribution in [0.3, 0.4) is 0 Å². The van der Waals surface area contributed by atoms with Crippen molar-refractivity contribution >= 4 is 16.0 Å². The first-order valence-electron chi connectivity index (χ1n) is 8.79. The number of ether oxygens (including phenoxy) is 1. The van der Waals surface area contributed by atoms with Gasteiger partial charge in [0.2, 0.25) is 10.0 Å². The number of hydrogen-bond acceptors (Lipinski definition) is 4. The third-order valence-corrected chi connectivity index (χ3v) is 8.16. The highest BCUT2D eigenvalue weighted by molar-refractivity contribution is 7.89. The molecule has 1 aliphatic heterocycles. The molecule has 1 heterocycles. The Labute approximate surface area is 147 Å². The van der Waals surface area contributed by atoms with E-state index in [4.69, 9.17) is 9.84 Å². The first-order valence-corrected chi connectivity index (χ1v) is 10.2. The van der Waals surface area contributed by atoms with Crippen molar-refractivity contribution < 1.29 is 23.1 Å². The molecule has 3 fully saturated rings. The lowest BCUT2D eigenvalue weighted by molar-refractivity contribution is -0.136. The Hall–Kier alpha value is -1.60. The molecule has 0 spiro atoms. The molecule has 1 aromatic rings. The van der Waals surface area contributed by atoms with Crippen molar-refractivity contribution in [2.24, 2.45) is 23.7 Å². The molecule has 0 unspecified atom stereocenters. The Bertz CT molecular complexity index is 788. The van der Waals surface area contributed by atoms with Gasteiger partial charge in [-0.1, -0.05) is 6.07 Å². The summed E-state index contributed by atoms with van der Waals surface area (Å²) in [6, 6.07) is 4.60. The molecule has 0 amide bonds. The summed E-state index contributed by atoms with van der Waals surface area (Å²) in [4.78, 5) is 11.0. The largest absolute Gasteiger partial charge is 0.495 e. The van der Waals surface area contributed by atoms with Gasteiger partial charge in [0.05, 0.1) is 13.5 Å². The van der Waals surface area contributed by atoms with Gasteiger partial charge in [-0.05, 0) is 60.6 Å². The van der Waals surface area contributed by atoms with E-state index < -0.39 is 16.0 Å². The fourth-order valence-corrected chi connectivity index (χ4v) is 6.91. The molecule has 2 bridgehead atoms. The number of carboxylic acid groups (broad SMARTS) is 1. The summed E-state index contributed by atoms with van der Waals surface area (Å²) in [5.74, 6) is 1.62. The van der Waals surface area contributed by atoms with Crippen molar-refractivity contribution in [3.8, 4) is 5.75 Å². The molecule has 0 radical (unpaired) electrons. The first kappa shape index (κ1) is 16.8. The maximum absolute atomic E-state index is 13.2. The topological polar surface area (TPSA) is 83.9 Å². The molecule has 3 aliphatic rings. The van der Waals surface area contributed by atoms with E-state index in [0.29, 0.717) is 42.3 Å². The van der Waals surface area contributed by atoms with Gasteiger partial charge in [0.15, 0.2) is 0 Å². The number of fused-ring (bicyclic) bond motifs is 5. The summed E-state index contributed by atoms with van der Waals surface area (Å²) in [5.41, 5.74) is 0.464. The van der Waals surface area contributed by atoms with Crippen LogP contribution in [0.4, 0.5) is 0 Å². The SMILES string of the molecule is COc1ccc(CC(=O)O)cc1S(=O)(=O)N1C[C@@H]2[C@@H]3CC[C@@H](C3)[C@@H]2C1. The lowest BCUT2D eigenvalue weighted by Crippen LogP contribution is -2.30. The highest BCUT2D eigenvalue weighted by Gasteiger charge is 2.53. The fraction of sp³-hybridized carbons (Fsp3) is 0.611. The fourth-order valence-electron chi connectivity index (χ4n) is 5.19. The highest BCUT2D eigenvalue weighted by Crippen LogP contribution is 2.55. The molecular weight excluding hydrogens is 342 g/mol. The van der Waals surface area contributed by atoms with E-state index in [1.54, 1.807) is 16.4 Å². The number of rotatable bonds is 5. The molecule has 1 N–H and O–H groups in total. The number of hydrogen-bond donors (Lipinski definition) is 1. The summed E-state index contributed by atoms with van der Waals surface area (Å²) in [6.07, 6.45) is 3.52. The summed E-state index contributed by atoms with van der Waals surface area (Å²) >= 11 is 0. The van der Waals surface area contributed by atoms with Crippen molar-refractivity contribution in [2.75, 3.05) is 20.2 Å². The summed E-state index contributed by atoms with van der Waals surface area (Å²) in [5, 5.41) is 8.98. The zero-order chi connectivity index (χ0) is 17.8. The molecular formula is C18H23NO5S. The van der Waals surface area contributed by atoms with Gasteiger partial charge in [-0.15, -0.1) is 0 Å². The van der Waals surface area contributed by atoms with E-state index in [1.165, 1.54) is 32.4 Å². The zero-order valence-electron chi connectivity index (χ0n) is 14.2. The number of aliphatic carboxylic acids is 1. The van der Waals surface area contributed by atoms with E-state index in [0.717, 1.165) is 0 Å². The Kier molecular flexibility index (Phi) is 4.03. The Balaban J connectivity index is 1.65. The molecule has 1 saturated heterocycles. The van der Waals surface area contributed by atoms with E-state index >= 15 is 0 Å². The van der Waals surface area contributed by atoms with E-state index in [9.17, 15) is 13.2 Å². The molecule has 7 heteroatoms. The van der Waals surface area contributed by atoms with Crippen LogP contribution in [-0.2, 0) is 21.2 Å². The van der Waals surface area contributed by atoms with Gasteiger partial charge in [-0.3, -0.25) is 4.79 Å². The predicted octanol–water partition coefficient (Wildman–Crippen LogP) is 1.99. The van der Waals surface area contributed by atoms with Crippen LogP contribution in [0.1, 0.15) is 24.8 Å². The third-order valence-electron chi connectivity index (χ3n) is 6.30. The van der Waals surface area contributed by atoms with E-state index in [2.05, 4.69) is 0 Å². The minimum atomic E-state index is -3.69. The molecule has 1 aromatic carbocycles. The standard InChI is InChI=1S/C18H23NO5S/c1-24-16-5-2-11(7-18(20)21)6-17(16)25(22,23)19-9-14-12-3-4-13(8-12)15(14)10-19/h2,5-6,12-15H,3-4,7-10H2,1H3,(H,20,21)/t12-,13+,14-,15+. The molecule has 0 aromatic heterocycles. The summed E-state index contributed by atoms with van der Waals surface area (Å²) < 4.78 is 33.3. The first-order chi connectivity index (χ1) is 11.9. The molecule has 25 heavy (non-hydrogen) atoms. The van der Waals surface area contributed by atoms with Gasteiger partial charge in [0.1, 0.15) is 10.6 Å². The lowest BCUT2D eigenvalue weighted by atomic mass is 9.82. The van der Waals surface area contributed by atoms with Crippen molar-refractivity contribution in [2.45, 2.75) is 30.6 Å². The summed E-state index contributed by atoms with van der Waals surface area (Å²) in [6.45, 7) is 1.17. The Morgan fingerprint density at radius 1 is 1.24 bits per heavy atom. The van der Waals surface area contributed by atoms with Gasteiger partial charge in [0, 0.05) is 13.1 Å². The molecule has 136 valence electrons. The molecule has 4 rings (SSSR count). The van der Waals surface area contributed by atoms with E-state index in [1.807, 2.05) is 0 Å². The molecule has 2 aliphatic carbocycles. The van der Waals surface area contributed by atoms with Crippen LogP contribution >= 0.6 is 0 Å². The van der Waals surface area contributed by atoms with Crippen LogP contribution in [0, 0.1) is 23.7 Å². The number of carbonyl (C=O) groups is 1. The van der Waals surface area contributed by atoms with Crippen LogP contribution in [0.25, 0.3) is 0 Å². The number of nitrogens with zero attached hydrogens (tertiary/aromatic N) is 1. The van der Waals surface area contributed by atoms with Crippen LogP contribution in [0.15, 0.2) is 23.1 Å². The quantitative estimate of drug-likeness (QED) is 0.863. The van der Waals surface area contributed by atoms with Crippen LogP contribution in [0.5, 0.6) is 5.75 Å². The van der Waals surface area contributed by atoms with Crippen LogP contribution in [-0.4, -0.2) is 44.0 Å². The van der Waals surface area contributed by atoms with Crippen LogP contribution < -0.4 is 4.74 Å². The predicted molar refractivity (Wildman–Crippen MR) is 90.9 cm³/mol. The summed E-state index contributed by atoms with van der Waals surface area (Å²) in [7, 11) is -2.25. The third kappa shape index (κ3) is 2.73. The van der Waals surface area contributed by atoms with Crippen molar-refractivity contribution in [3.05, 3.63) is 23.8 Å². The van der Waals surface area contributed by atoms with Crippen molar-refractivity contribution in [3.63, 3.8) is 0 Å². The smallest absolute Gasteiger partial charge is 0.307 e.